The van der Waals surface area contributed by atoms with Crippen LogP contribution in [0.4, 0.5) is 5.88 Å². The van der Waals surface area contributed by atoms with Gasteiger partial charge in [-0.1, -0.05) is 5.16 Å². The molecule has 0 saturated carbocycles. The lowest BCUT2D eigenvalue weighted by molar-refractivity contribution is -0.401. The van der Waals surface area contributed by atoms with Crippen LogP contribution in [0.1, 0.15) is 18.8 Å². The molecular weight excluding hydrogens is 256 g/mol. The van der Waals surface area contributed by atoms with E-state index in [9.17, 15) is 10.1 Å². The van der Waals surface area contributed by atoms with Crippen LogP contribution < -0.4 is 5.73 Å². The molecular formula is C10H12N4O5. The van der Waals surface area contributed by atoms with Gasteiger partial charge in [-0.2, -0.15) is 4.98 Å². The zero-order valence-corrected chi connectivity index (χ0v) is 10.1. The van der Waals surface area contributed by atoms with E-state index in [4.69, 9.17) is 19.4 Å². The molecule has 102 valence electrons. The highest BCUT2D eigenvalue weighted by Crippen LogP contribution is 2.25. The number of nitro groups is 1. The van der Waals surface area contributed by atoms with Gasteiger partial charge in [-0.25, -0.2) is 0 Å². The average molecular weight is 268 g/mol. The van der Waals surface area contributed by atoms with E-state index >= 15 is 0 Å². The van der Waals surface area contributed by atoms with E-state index < -0.39 is 16.8 Å². The maximum atomic E-state index is 10.5. The molecule has 0 aliphatic heterocycles. The van der Waals surface area contributed by atoms with Gasteiger partial charge in [0.05, 0.1) is 18.7 Å². The molecule has 19 heavy (non-hydrogen) atoms. The normalized spacial score (nSPS) is 12.5. The molecule has 2 aromatic rings. The number of aromatic nitrogens is 2. The molecule has 1 unspecified atom stereocenters. The summed E-state index contributed by atoms with van der Waals surface area (Å²) in [5, 5.41) is 14.2. The number of hydrogen-bond acceptors (Lipinski definition) is 8. The van der Waals surface area contributed by atoms with Crippen LogP contribution in [-0.2, 0) is 4.74 Å². The molecule has 2 rings (SSSR count). The van der Waals surface area contributed by atoms with Crippen LogP contribution in [0.15, 0.2) is 21.1 Å². The summed E-state index contributed by atoms with van der Waals surface area (Å²) in [5.74, 6) is 0.0139. The van der Waals surface area contributed by atoms with E-state index in [1.165, 1.54) is 12.1 Å². The van der Waals surface area contributed by atoms with Gasteiger partial charge in [-0.05, 0) is 13.0 Å². The van der Waals surface area contributed by atoms with Gasteiger partial charge in [0.2, 0.25) is 0 Å². The van der Waals surface area contributed by atoms with E-state index in [-0.39, 0.29) is 24.1 Å². The Hall–Kier alpha value is -2.26. The van der Waals surface area contributed by atoms with Crippen molar-refractivity contribution in [2.75, 3.05) is 13.2 Å². The predicted octanol–water partition coefficient (Wildman–Crippen LogP) is 1.27. The molecule has 9 heteroatoms. The van der Waals surface area contributed by atoms with E-state index in [0.29, 0.717) is 6.61 Å². The first-order valence-electron chi connectivity index (χ1n) is 5.53. The predicted molar refractivity (Wildman–Crippen MR) is 62.1 cm³/mol. The molecule has 1 atom stereocenters. The van der Waals surface area contributed by atoms with Crippen molar-refractivity contribution in [3.8, 4) is 11.7 Å². The molecule has 2 N–H and O–H groups in total. The van der Waals surface area contributed by atoms with Crippen LogP contribution in [0.2, 0.25) is 0 Å². The summed E-state index contributed by atoms with van der Waals surface area (Å²) in [6.45, 7) is 2.63. The first-order chi connectivity index (χ1) is 9.11. The second-order valence-corrected chi connectivity index (χ2v) is 3.62. The Morgan fingerprint density at radius 1 is 1.58 bits per heavy atom. The van der Waals surface area contributed by atoms with Crippen LogP contribution in [0.25, 0.3) is 11.7 Å². The lowest BCUT2D eigenvalue weighted by Crippen LogP contribution is -2.18. The molecule has 0 amide bonds. The van der Waals surface area contributed by atoms with Gasteiger partial charge < -0.3 is 19.4 Å². The van der Waals surface area contributed by atoms with Crippen molar-refractivity contribution in [2.24, 2.45) is 5.73 Å². The third kappa shape index (κ3) is 2.95. The van der Waals surface area contributed by atoms with Gasteiger partial charge in [0, 0.05) is 6.61 Å². The minimum absolute atomic E-state index is 0.0371. The maximum absolute atomic E-state index is 10.5. The molecule has 0 fully saturated rings. The van der Waals surface area contributed by atoms with Crippen LogP contribution in [-0.4, -0.2) is 28.3 Å². The standard InChI is InChI=1S/C10H12N4O5/c1-2-17-5-6(11)9-12-10(19-13-9)7-3-4-8(18-7)14(15)16/h3-4,6H,2,5,11H2,1H3. The fourth-order valence-electron chi connectivity index (χ4n) is 1.35. The highest BCUT2D eigenvalue weighted by molar-refractivity contribution is 5.46. The first-order valence-corrected chi connectivity index (χ1v) is 5.53. The molecule has 0 radical (unpaired) electrons. The van der Waals surface area contributed by atoms with Crippen molar-refractivity contribution in [3.63, 3.8) is 0 Å². The summed E-state index contributed by atoms with van der Waals surface area (Å²) in [7, 11) is 0. The van der Waals surface area contributed by atoms with Crippen molar-refractivity contribution in [1.82, 2.24) is 10.1 Å². The van der Waals surface area contributed by atoms with Crippen LogP contribution >= 0.6 is 0 Å². The number of furan rings is 1. The van der Waals surface area contributed by atoms with Gasteiger partial charge in [-0.15, -0.1) is 0 Å². The summed E-state index contributed by atoms with van der Waals surface area (Å²) in [6, 6.07) is 2.06. The Morgan fingerprint density at radius 3 is 3.00 bits per heavy atom. The largest absolute Gasteiger partial charge is 0.433 e. The SMILES string of the molecule is CCOCC(N)c1noc(-c2ccc([N+](=O)[O-])o2)n1. The van der Waals surface area contributed by atoms with Gasteiger partial charge in [0.25, 0.3) is 5.89 Å². The third-order valence-corrected chi connectivity index (χ3v) is 2.26. The molecule has 2 heterocycles. The number of hydrogen-bond donors (Lipinski definition) is 1. The zero-order valence-electron chi connectivity index (χ0n) is 10.1. The summed E-state index contributed by atoms with van der Waals surface area (Å²) in [4.78, 5) is 13.8. The fraction of sp³-hybridized carbons (Fsp3) is 0.400. The Labute approximate surface area is 107 Å². The summed E-state index contributed by atoms with van der Waals surface area (Å²) in [6.07, 6.45) is 0. The molecule has 0 spiro atoms. The van der Waals surface area contributed by atoms with Crippen molar-refractivity contribution < 1.29 is 18.6 Å². The summed E-state index contributed by atoms with van der Waals surface area (Å²) < 4.78 is 15.0. The van der Waals surface area contributed by atoms with Crippen LogP contribution in [0.5, 0.6) is 0 Å². The number of ether oxygens (including phenoxy) is 1. The van der Waals surface area contributed by atoms with Crippen molar-refractivity contribution >= 4 is 5.88 Å². The fourth-order valence-corrected chi connectivity index (χ4v) is 1.35. The minimum atomic E-state index is -0.651. The second-order valence-electron chi connectivity index (χ2n) is 3.62. The Kier molecular flexibility index (Phi) is 3.88. The second kappa shape index (κ2) is 5.59. The quantitative estimate of drug-likeness (QED) is 0.612. The molecule has 0 aliphatic rings. The monoisotopic (exact) mass is 268 g/mol. The Bertz CT molecular complexity index is 564. The lowest BCUT2D eigenvalue weighted by atomic mass is 10.3. The smallest absolute Gasteiger partial charge is 0.395 e. The maximum Gasteiger partial charge on any atom is 0.433 e. The molecule has 2 aromatic heterocycles. The highest BCUT2D eigenvalue weighted by Gasteiger charge is 2.20. The number of rotatable bonds is 6. The van der Waals surface area contributed by atoms with E-state index in [2.05, 4.69) is 10.1 Å². The van der Waals surface area contributed by atoms with Crippen molar-refractivity contribution in [2.45, 2.75) is 13.0 Å². The average Bonchev–Trinajstić information content (AvgIpc) is 3.03. The Balaban J connectivity index is 2.13. The number of nitrogens with zero attached hydrogens (tertiary/aromatic N) is 3. The molecule has 0 saturated heterocycles. The Morgan fingerprint density at radius 2 is 2.37 bits per heavy atom. The third-order valence-electron chi connectivity index (χ3n) is 2.26. The van der Waals surface area contributed by atoms with E-state index in [1.54, 1.807) is 0 Å². The molecule has 9 nitrogen and oxygen atoms in total. The lowest BCUT2D eigenvalue weighted by Gasteiger charge is -2.05. The summed E-state index contributed by atoms with van der Waals surface area (Å²) >= 11 is 0. The summed E-state index contributed by atoms with van der Waals surface area (Å²) in [5.41, 5.74) is 5.78. The van der Waals surface area contributed by atoms with E-state index in [1.807, 2.05) is 6.92 Å². The molecule has 0 aromatic carbocycles. The zero-order chi connectivity index (χ0) is 13.8. The van der Waals surface area contributed by atoms with Gasteiger partial charge in [-0.3, -0.25) is 10.1 Å². The van der Waals surface area contributed by atoms with Gasteiger partial charge >= 0.3 is 5.88 Å². The topological polar surface area (TPSA) is 130 Å². The van der Waals surface area contributed by atoms with Crippen molar-refractivity contribution in [3.05, 3.63) is 28.1 Å². The van der Waals surface area contributed by atoms with Crippen LogP contribution in [0, 0.1) is 10.1 Å². The van der Waals surface area contributed by atoms with Crippen LogP contribution in [0.3, 0.4) is 0 Å². The molecule has 0 bridgehead atoms. The van der Waals surface area contributed by atoms with Gasteiger partial charge in [0.1, 0.15) is 4.92 Å². The minimum Gasteiger partial charge on any atom is -0.395 e. The molecule has 0 aliphatic carbocycles. The first kappa shape index (κ1) is 13.2. The van der Waals surface area contributed by atoms with Gasteiger partial charge in [0.15, 0.2) is 11.6 Å². The van der Waals surface area contributed by atoms with E-state index in [0.717, 1.165) is 0 Å². The highest BCUT2D eigenvalue weighted by atomic mass is 16.6. The number of nitrogens with two attached hydrogens (primary N) is 1. The van der Waals surface area contributed by atoms with Crippen molar-refractivity contribution in [1.29, 1.82) is 0 Å².